The van der Waals surface area contributed by atoms with E-state index in [4.69, 9.17) is 23.7 Å². The highest BCUT2D eigenvalue weighted by Crippen LogP contribution is 2.39. The number of cyclic esters (lactones) is 1. The van der Waals surface area contributed by atoms with E-state index < -0.39 is 103 Å². The molecule has 0 aromatic carbocycles. The van der Waals surface area contributed by atoms with Crippen molar-refractivity contribution in [2.45, 2.75) is 151 Å². The molecule has 15 heteroatoms. The van der Waals surface area contributed by atoms with E-state index in [0.717, 1.165) is 12.8 Å². The number of nitrogens with one attached hydrogen (secondary N) is 1. The van der Waals surface area contributed by atoms with Crippen molar-refractivity contribution < 1.29 is 68.7 Å². The fourth-order valence-electron chi connectivity index (χ4n) is 6.91. The zero-order chi connectivity index (χ0) is 38.7. The Morgan fingerprint density at radius 1 is 0.962 bits per heavy atom. The number of carboxylic acid groups (broad SMARTS) is 1. The summed E-state index contributed by atoms with van der Waals surface area (Å²) in [6, 6.07) is -1.14. The van der Waals surface area contributed by atoms with Crippen molar-refractivity contribution in [2.24, 2.45) is 5.92 Å². The highest BCUT2D eigenvalue weighted by atomic mass is 16.7. The Morgan fingerprint density at radius 3 is 2.38 bits per heavy atom. The first-order valence-electron chi connectivity index (χ1n) is 18.3. The van der Waals surface area contributed by atoms with E-state index in [1.165, 1.54) is 19.9 Å². The topological polar surface area (TPSA) is 234 Å². The molecule has 0 saturated carbocycles. The summed E-state index contributed by atoms with van der Waals surface area (Å²) in [6.07, 6.45) is 7.31. The molecule has 0 radical (unpaired) electrons. The first-order chi connectivity index (χ1) is 25.2. The van der Waals surface area contributed by atoms with Crippen molar-refractivity contribution in [1.82, 2.24) is 5.32 Å². The number of hydrogen-bond acceptors (Lipinski definition) is 13. The van der Waals surface area contributed by atoms with Gasteiger partial charge in [0.25, 0.3) is 0 Å². The maximum absolute atomic E-state index is 12.6. The Balaban J connectivity index is 1.61. The van der Waals surface area contributed by atoms with Crippen LogP contribution < -0.4 is 5.32 Å². The van der Waals surface area contributed by atoms with Gasteiger partial charge in [-0.3, -0.25) is 9.59 Å². The normalized spacial score (nSPS) is 43.1. The highest BCUT2D eigenvalue weighted by molar-refractivity contribution is 5.82. The Labute approximate surface area is 309 Å². The number of amides is 1. The molecule has 0 aromatic heterocycles. The molecule has 3 fully saturated rings. The highest BCUT2D eigenvalue weighted by Gasteiger charge is 2.51. The van der Waals surface area contributed by atoms with Gasteiger partial charge in [-0.15, -0.1) is 0 Å². The van der Waals surface area contributed by atoms with E-state index in [-0.39, 0.29) is 25.4 Å². The first-order valence-corrected chi connectivity index (χ1v) is 18.3. The molecule has 4 aliphatic rings. The van der Waals surface area contributed by atoms with Gasteiger partial charge in [-0.25, -0.2) is 4.79 Å². The van der Waals surface area contributed by atoms with Gasteiger partial charge in [-0.2, -0.15) is 0 Å². The fraction of sp³-hybridized carbons (Fsp3) is 0.658. The largest absolute Gasteiger partial charge is 0.481 e. The zero-order valence-corrected chi connectivity index (χ0v) is 30.4. The average Bonchev–Trinajstić information content (AvgIpc) is 3.81. The molecule has 4 aliphatic heterocycles. The lowest BCUT2D eigenvalue weighted by molar-refractivity contribution is -0.308. The molecule has 0 spiro atoms. The molecule has 4 heterocycles. The standard InChI is InChI=1S/C38H55NO14/c1-4-5-13-25-14-11-9-7-6-8-10-12-15-26(51-37-35(45)33(39-23(3)40)34(44)22(2)49-37)19-30-32(36(46)47)27(42)21-38(48,53-30)20-24(41)18-29-28(52-29)16-17-31(43)50-25/h6-12,15-17,22,24-30,32-35,37,41-42,44-45,48H,4-5,13-14,18-21H2,1-3H3,(H,39,40)(H,46,47)/b7-6-,10-8+,11-9+,15-12+,17-16+/t22-,24?,25?,26?,27?,28?,29?,30?,32?,33+,34-,35+,37+,38?/m1/s1. The average molecular weight is 750 g/mol. The minimum absolute atomic E-state index is 0.0630. The minimum atomic E-state index is -2.14. The lowest BCUT2D eigenvalue weighted by Gasteiger charge is -2.45. The van der Waals surface area contributed by atoms with Crippen LogP contribution in [0.3, 0.4) is 0 Å². The number of allylic oxidation sites excluding steroid dienone is 6. The second-order valence-corrected chi connectivity index (χ2v) is 14.2. The summed E-state index contributed by atoms with van der Waals surface area (Å²) in [4.78, 5) is 36.8. The number of carbonyl (C=O) groups is 3. The maximum atomic E-state index is 12.6. The van der Waals surface area contributed by atoms with Crippen LogP contribution >= 0.6 is 0 Å². The number of aliphatic hydroxyl groups is 5. The third-order valence-corrected chi connectivity index (χ3v) is 9.67. The van der Waals surface area contributed by atoms with Crippen LogP contribution in [-0.4, -0.2) is 128 Å². The van der Waals surface area contributed by atoms with Gasteiger partial charge in [0.2, 0.25) is 5.91 Å². The van der Waals surface area contributed by atoms with Crippen LogP contribution in [0.4, 0.5) is 0 Å². The van der Waals surface area contributed by atoms with Gasteiger partial charge < -0.3 is 59.6 Å². The fourth-order valence-corrected chi connectivity index (χ4v) is 6.91. The number of aliphatic carboxylic acids is 1. The molecule has 296 valence electrons. The lowest BCUT2D eigenvalue weighted by atomic mass is 9.83. The number of rotatable bonds is 7. The van der Waals surface area contributed by atoms with Gasteiger partial charge in [0.15, 0.2) is 12.1 Å². The zero-order valence-electron chi connectivity index (χ0n) is 30.4. The third-order valence-electron chi connectivity index (χ3n) is 9.67. The number of hydrogen-bond donors (Lipinski definition) is 7. The van der Waals surface area contributed by atoms with Crippen LogP contribution in [-0.2, 0) is 38.1 Å². The number of unbranched alkanes of at least 4 members (excludes halogenated alkanes) is 1. The third kappa shape index (κ3) is 12.9. The lowest BCUT2D eigenvalue weighted by Crippen LogP contribution is -2.64. The number of aliphatic hydroxyl groups excluding tert-OH is 4. The van der Waals surface area contributed by atoms with Gasteiger partial charge >= 0.3 is 11.9 Å². The van der Waals surface area contributed by atoms with E-state index in [0.29, 0.717) is 12.8 Å². The Morgan fingerprint density at radius 2 is 1.68 bits per heavy atom. The molecule has 3 saturated heterocycles. The summed E-state index contributed by atoms with van der Waals surface area (Å²) in [7, 11) is 0. The van der Waals surface area contributed by atoms with Crippen molar-refractivity contribution >= 4 is 17.8 Å². The molecule has 4 rings (SSSR count). The van der Waals surface area contributed by atoms with E-state index in [1.807, 2.05) is 12.2 Å². The summed E-state index contributed by atoms with van der Waals surface area (Å²) in [5.41, 5.74) is 0. The number of fused-ring (bicyclic) bond motifs is 3. The first kappa shape index (κ1) is 42.5. The summed E-state index contributed by atoms with van der Waals surface area (Å²) in [6.45, 7) is 4.83. The molecule has 0 aliphatic carbocycles. The van der Waals surface area contributed by atoms with Gasteiger partial charge in [0.1, 0.15) is 30.3 Å². The summed E-state index contributed by atoms with van der Waals surface area (Å²) >= 11 is 0. The summed E-state index contributed by atoms with van der Waals surface area (Å²) in [5, 5.41) is 67.7. The van der Waals surface area contributed by atoms with Crippen LogP contribution in [0.15, 0.2) is 60.8 Å². The smallest absolute Gasteiger partial charge is 0.330 e. The Bertz CT molecular complexity index is 1380. The number of carboxylic acids is 1. The number of epoxide rings is 1. The van der Waals surface area contributed by atoms with E-state index in [1.54, 1.807) is 42.5 Å². The van der Waals surface area contributed by atoms with Gasteiger partial charge in [0, 0.05) is 45.1 Å². The van der Waals surface area contributed by atoms with Crippen LogP contribution in [0.1, 0.15) is 72.1 Å². The predicted molar refractivity (Wildman–Crippen MR) is 189 cm³/mol. The van der Waals surface area contributed by atoms with Crippen molar-refractivity contribution in [3.63, 3.8) is 0 Å². The second kappa shape index (κ2) is 19.9. The maximum Gasteiger partial charge on any atom is 0.330 e. The van der Waals surface area contributed by atoms with Crippen LogP contribution in [0.5, 0.6) is 0 Å². The van der Waals surface area contributed by atoms with E-state index in [9.17, 15) is 45.0 Å². The number of esters is 1. The number of carbonyl (C=O) groups excluding carboxylic acids is 2. The monoisotopic (exact) mass is 749 g/mol. The van der Waals surface area contributed by atoms with Gasteiger partial charge in [-0.05, 0) is 19.4 Å². The quantitative estimate of drug-likeness (QED) is 0.144. The molecule has 14 atom stereocenters. The van der Waals surface area contributed by atoms with Crippen LogP contribution in [0, 0.1) is 5.92 Å². The van der Waals surface area contributed by atoms with E-state index in [2.05, 4.69) is 12.2 Å². The molecule has 53 heavy (non-hydrogen) atoms. The molecule has 15 nitrogen and oxygen atoms in total. The Kier molecular flexibility index (Phi) is 15.9. The summed E-state index contributed by atoms with van der Waals surface area (Å²) in [5.74, 6) is -6.01. The number of ether oxygens (including phenoxy) is 5. The van der Waals surface area contributed by atoms with Crippen LogP contribution in [0.25, 0.3) is 0 Å². The predicted octanol–water partition coefficient (Wildman–Crippen LogP) is 1.47. The van der Waals surface area contributed by atoms with Gasteiger partial charge in [0.05, 0.1) is 42.7 Å². The van der Waals surface area contributed by atoms with Crippen molar-refractivity contribution in [1.29, 1.82) is 0 Å². The minimum Gasteiger partial charge on any atom is -0.481 e. The molecular weight excluding hydrogens is 694 g/mol. The Hall–Kier alpha value is -3.25. The van der Waals surface area contributed by atoms with Gasteiger partial charge in [-0.1, -0.05) is 68.4 Å². The molecule has 9 unspecified atom stereocenters. The molecule has 1 amide bonds. The molecular formula is C38H55NO14. The molecule has 0 aromatic rings. The van der Waals surface area contributed by atoms with Crippen molar-refractivity contribution in [2.75, 3.05) is 0 Å². The van der Waals surface area contributed by atoms with Crippen molar-refractivity contribution in [3.8, 4) is 0 Å². The van der Waals surface area contributed by atoms with E-state index >= 15 is 0 Å². The second-order valence-electron chi connectivity index (χ2n) is 14.2. The van der Waals surface area contributed by atoms with Crippen LogP contribution in [0.2, 0.25) is 0 Å². The summed E-state index contributed by atoms with van der Waals surface area (Å²) < 4.78 is 29.1. The molecule has 2 bridgehead atoms. The molecule has 7 N–H and O–H groups in total. The SMILES string of the molecule is CCCCC1C/C=C/C=C\C=C\C=C\C(O[C@@H]2O[C@H](C)[C@@H](O)[C@H](NC(C)=O)[C@@H]2O)CC2OC(O)(CC(O)CC3OC3/C=C/C(=O)O1)CC(O)C2C(=O)O. The van der Waals surface area contributed by atoms with Crippen molar-refractivity contribution in [3.05, 3.63) is 60.8 Å².